The first kappa shape index (κ1) is 21.6. The van der Waals surface area contributed by atoms with E-state index in [1.165, 1.54) is 31.4 Å². The lowest BCUT2D eigenvalue weighted by atomic mass is 9.93. The minimum absolute atomic E-state index is 0.116. The van der Waals surface area contributed by atoms with Gasteiger partial charge in [-0.1, -0.05) is 6.07 Å². The number of aromatic nitrogens is 3. The van der Waals surface area contributed by atoms with Gasteiger partial charge in [0.1, 0.15) is 17.5 Å². The number of pyridine rings is 1. The molecular weight excluding hydrogens is 417 g/mol. The molecule has 166 valence electrons. The van der Waals surface area contributed by atoms with Gasteiger partial charge in [0.15, 0.2) is 17.3 Å². The molecule has 0 unspecified atom stereocenters. The van der Waals surface area contributed by atoms with E-state index in [0.717, 1.165) is 6.20 Å². The molecule has 1 amide bonds. The molecule has 32 heavy (non-hydrogen) atoms. The maximum Gasteiger partial charge on any atom is 0.229 e. The number of ether oxygens (including phenoxy) is 2. The highest BCUT2D eigenvalue weighted by Gasteiger charge is 2.60. The summed E-state index contributed by atoms with van der Waals surface area (Å²) in [5.41, 5.74) is 0.536. The molecule has 1 aliphatic carbocycles. The fraction of sp³-hybridized carbons (Fsp3) is 0.304. The highest BCUT2D eigenvalue weighted by molar-refractivity contribution is 5.95. The van der Waals surface area contributed by atoms with Crippen molar-refractivity contribution in [3.05, 3.63) is 71.4 Å². The van der Waals surface area contributed by atoms with Gasteiger partial charge in [0.25, 0.3) is 0 Å². The minimum atomic E-state index is -0.755. The van der Waals surface area contributed by atoms with E-state index in [-0.39, 0.29) is 24.1 Å². The van der Waals surface area contributed by atoms with Crippen LogP contribution in [0.25, 0.3) is 0 Å². The quantitative estimate of drug-likeness (QED) is 0.604. The van der Waals surface area contributed by atoms with Gasteiger partial charge in [-0.25, -0.2) is 23.7 Å². The van der Waals surface area contributed by atoms with Gasteiger partial charge < -0.3 is 14.8 Å². The third kappa shape index (κ3) is 4.23. The zero-order valence-electron chi connectivity index (χ0n) is 17.9. The summed E-state index contributed by atoms with van der Waals surface area (Å²) < 4.78 is 38.6. The van der Waals surface area contributed by atoms with Crippen molar-refractivity contribution < 1.29 is 23.0 Å². The van der Waals surface area contributed by atoms with Gasteiger partial charge in [-0.15, -0.1) is 0 Å². The molecule has 1 aliphatic rings. The Morgan fingerprint density at radius 2 is 1.97 bits per heavy atom. The first-order valence-electron chi connectivity index (χ1n) is 10.0. The zero-order chi connectivity index (χ0) is 22.9. The molecule has 1 fully saturated rings. The Morgan fingerprint density at radius 1 is 1.16 bits per heavy atom. The second-order valence-electron chi connectivity index (χ2n) is 7.77. The molecule has 0 saturated heterocycles. The molecule has 0 aliphatic heterocycles. The number of amides is 1. The summed E-state index contributed by atoms with van der Waals surface area (Å²) in [6, 6.07) is 7.22. The summed E-state index contributed by atoms with van der Waals surface area (Å²) in [6.45, 7) is 3.71. The first-order valence-corrected chi connectivity index (χ1v) is 10.0. The third-order valence-corrected chi connectivity index (χ3v) is 5.64. The van der Waals surface area contributed by atoms with Crippen LogP contribution in [0.5, 0.6) is 11.5 Å². The van der Waals surface area contributed by atoms with Gasteiger partial charge >= 0.3 is 0 Å². The van der Waals surface area contributed by atoms with Crippen LogP contribution in [0.3, 0.4) is 0 Å². The topological polar surface area (TPSA) is 86.2 Å². The number of nitrogens with zero attached hydrogens (tertiary/aromatic N) is 3. The van der Waals surface area contributed by atoms with Crippen molar-refractivity contribution in [2.45, 2.75) is 25.7 Å². The van der Waals surface area contributed by atoms with Crippen LogP contribution in [-0.4, -0.2) is 34.6 Å². The highest BCUT2D eigenvalue weighted by Crippen LogP contribution is 2.55. The molecule has 0 bridgehead atoms. The number of hydrogen-bond acceptors (Lipinski definition) is 6. The number of aryl methyl sites for hydroxylation is 2. The molecule has 3 aromatic rings. The lowest BCUT2D eigenvalue weighted by Gasteiger charge is -2.20. The van der Waals surface area contributed by atoms with Gasteiger partial charge in [-0.3, -0.25) is 4.79 Å². The molecule has 0 spiro atoms. The lowest BCUT2D eigenvalue weighted by Crippen LogP contribution is -2.27. The summed E-state index contributed by atoms with van der Waals surface area (Å²) >= 11 is 0. The Hall–Kier alpha value is -3.62. The van der Waals surface area contributed by atoms with Crippen LogP contribution >= 0.6 is 0 Å². The van der Waals surface area contributed by atoms with Crippen LogP contribution in [0, 0.1) is 31.4 Å². The van der Waals surface area contributed by atoms with Crippen LogP contribution in [0.1, 0.15) is 23.5 Å². The van der Waals surface area contributed by atoms with E-state index < -0.39 is 23.0 Å². The average molecular weight is 439 g/mol. The second-order valence-corrected chi connectivity index (χ2v) is 7.77. The Labute approximate surface area is 183 Å². The van der Waals surface area contributed by atoms with Crippen LogP contribution in [0.2, 0.25) is 0 Å². The van der Waals surface area contributed by atoms with E-state index >= 15 is 0 Å². The molecule has 0 radical (unpaired) electrons. The SMILES string of the molecule is Cc1ncc(OC[C@@]2(c3ccc(O[11CH3])c(F)c3)C[C@H]2C(=O)Nc2ccc(F)cn2)c(C)n1. The molecule has 2 aromatic heterocycles. The molecule has 2 heterocycles. The van der Waals surface area contributed by atoms with Gasteiger partial charge in [-0.2, -0.15) is 0 Å². The zero-order valence-corrected chi connectivity index (χ0v) is 17.9. The van der Waals surface area contributed by atoms with Gasteiger partial charge in [-0.05, 0) is 50.1 Å². The number of halogens is 2. The predicted octanol–water partition coefficient (Wildman–Crippen LogP) is 3.75. The van der Waals surface area contributed by atoms with Gasteiger partial charge in [0, 0.05) is 5.41 Å². The number of rotatable bonds is 7. The van der Waals surface area contributed by atoms with Crippen molar-refractivity contribution in [3.8, 4) is 11.5 Å². The van der Waals surface area contributed by atoms with Crippen molar-refractivity contribution in [2.75, 3.05) is 19.0 Å². The third-order valence-electron chi connectivity index (χ3n) is 5.64. The summed E-state index contributed by atoms with van der Waals surface area (Å²) in [4.78, 5) is 25.3. The van der Waals surface area contributed by atoms with Crippen molar-refractivity contribution in [3.63, 3.8) is 0 Å². The minimum Gasteiger partial charge on any atom is -0.494 e. The summed E-state index contributed by atoms with van der Waals surface area (Å²) in [7, 11) is 1.39. The predicted molar refractivity (Wildman–Crippen MR) is 113 cm³/mol. The number of methoxy groups -OCH3 is 1. The Morgan fingerprint density at radius 3 is 2.62 bits per heavy atom. The standard InChI is InChI=1S/C23H22F2N4O3/c1-13-20(11-26-14(2)28-13)32-12-23(15-4-6-19(31-3)18(25)8-15)9-17(23)22(30)29-21-7-5-16(24)10-27-21/h4-8,10-11,17H,9,12H2,1-3H3,(H,27,29,30)/t17-,23+/m0/s1/i3-1. The summed E-state index contributed by atoms with van der Waals surface area (Å²) in [6.07, 6.45) is 3.05. The van der Waals surface area contributed by atoms with E-state index in [1.54, 1.807) is 26.1 Å². The Bertz CT molecular complexity index is 1160. The largest absolute Gasteiger partial charge is 0.494 e. The van der Waals surface area contributed by atoms with E-state index in [9.17, 15) is 13.6 Å². The van der Waals surface area contributed by atoms with Crippen molar-refractivity contribution in [1.82, 2.24) is 15.0 Å². The molecule has 2 atom stereocenters. The molecule has 1 N–H and O–H groups in total. The highest BCUT2D eigenvalue weighted by atomic mass is 19.1. The maximum atomic E-state index is 14.5. The van der Waals surface area contributed by atoms with Crippen LogP contribution in [0.15, 0.2) is 42.7 Å². The Balaban J connectivity index is 1.59. The van der Waals surface area contributed by atoms with Crippen molar-refractivity contribution in [2.24, 2.45) is 5.92 Å². The first-order chi connectivity index (χ1) is 15.3. The average Bonchev–Trinajstić information content (AvgIpc) is 3.51. The summed E-state index contributed by atoms with van der Waals surface area (Å²) in [5, 5.41) is 2.69. The molecule has 7 nitrogen and oxygen atoms in total. The fourth-order valence-electron chi connectivity index (χ4n) is 3.77. The molecule has 9 heteroatoms. The smallest absolute Gasteiger partial charge is 0.229 e. The van der Waals surface area contributed by atoms with E-state index in [4.69, 9.17) is 9.47 Å². The van der Waals surface area contributed by atoms with Gasteiger partial charge in [0.05, 0.1) is 37.7 Å². The number of carbonyl (C=O) groups is 1. The molecule has 1 aromatic carbocycles. The number of hydrogen-bond donors (Lipinski definition) is 1. The number of anilines is 1. The van der Waals surface area contributed by atoms with Crippen LogP contribution in [-0.2, 0) is 10.2 Å². The van der Waals surface area contributed by atoms with Crippen molar-refractivity contribution in [1.29, 1.82) is 0 Å². The maximum absolute atomic E-state index is 14.5. The van der Waals surface area contributed by atoms with Crippen LogP contribution in [0.4, 0.5) is 14.6 Å². The molecule has 4 rings (SSSR count). The second kappa shape index (κ2) is 8.49. The lowest BCUT2D eigenvalue weighted by molar-refractivity contribution is -0.117. The Kier molecular flexibility index (Phi) is 5.73. The fourth-order valence-corrected chi connectivity index (χ4v) is 3.77. The van der Waals surface area contributed by atoms with E-state index in [1.807, 2.05) is 0 Å². The molecule has 1 saturated carbocycles. The van der Waals surface area contributed by atoms with Gasteiger partial charge in [0.2, 0.25) is 5.91 Å². The number of nitrogens with one attached hydrogen (secondary N) is 1. The van der Waals surface area contributed by atoms with Crippen LogP contribution < -0.4 is 14.8 Å². The van der Waals surface area contributed by atoms with Crippen molar-refractivity contribution >= 4 is 11.7 Å². The number of carbonyl (C=O) groups excluding carboxylic acids is 1. The van der Waals surface area contributed by atoms with E-state index in [2.05, 4.69) is 20.3 Å². The normalized spacial score (nSPS) is 19.3. The monoisotopic (exact) mass is 439 g/mol. The van der Waals surface area contributed by atoms with E-state index in [0.29, 0.717) is 29.3 Å². The molecular formula is C23H22F2N4O3. The summed E-state index contributed by atoms with van der Waals surface area (Å²) in [5.74, 6) is -0.347. The number of benzene rings is 1.